The highest BCUT2D eigenvalue weighted by atomic mass is 32.2. The molecule has 0 aliphatic rings. The van der Waals surface area contributed by atoms with Crippen LogP contribution in [0, 0.1) is 10.1 Å². The van der Waals surface area contributed by atoms with Crippen LogP contribution in [-0.2, 0) is 6.54 Å². The first-order chi connectivity index (χ1) is 12.6. The molecule has 0 saturated heterocycles. The number of benzene rings is 2. The number of carbonyl (C=O) groups excluding carboxylic acids is 1. The van der Waals surface area contributed by atoms with Crippen LogP contribution in [0.5, 0.6) is 0 Å². The predicted octanol–water partition coefficient (Wildman–Crippen LogP) is 3.75. The number of ketones is 1. The van der Waals surface area contributed by atoms with Crippen LogP contribution in [0.15, 0.2) is 77.6 Å². The second-order valence-electron chi connectivity index (χ2n) is 5.29. The van der Waals surface area contributed by atoms with E-state index in [9.17, 15) is 14.9 Å². The second-order valence-corrected chi connectivity index (χ2v) is 6.30. The Morgan fingerprint density at radius 1 is 1.23 bits per heavy atom. The van der Waals surface area contributed by atoms with Gasteiger partial charge in [-0.1, -0.05) is 36.4 Å². The number of aromatic nitrogens is 3. The summed E-state index contributed by atoms with van der Waals surface area (Å²) in [5.74, 6) is -0.264. The zero-order valence-corrected chi connectivity index (χ0v) is 14.4. The van der Waals surface area contributed by atoms with Crippen molar-refractivity contribution in [1.29, 1.82) is 0 Å². The third-order valence-electron chi connectivity index (χ3n) is 3.56. The molecule has 0 unspecified atom stereocenters. The number of nitro benzene ring substituents is 1. The van der Waals surface area contributed by atoms with Gasteiger partial charge in [0.1, 0.15) is 6.33 Å². The van der Waals surface area contributed by atoms with Crippen molar-refractivity contribution in [3.8, 4) is 0 Å². The number of nitro groups is 1. The number of nitrogens with zero attached hydrogens (tertiary/aromatic N) is 4. The molecule has 0 aliphatic heterocycles. The molecular formula is C18H14N4O3S. The van der Waals surface area contributed by atoms with Crippen LogP contribution in [0.3, 0.4) is 0 Å². The van der Waals surface area contributed by atoms with Gasteiger partial charge >= 0.3 is 0 Å². The molecule has 1 heterocycles. The average Bonchev–Trinajstić information content (AvgIpc) is 3.09. The quantitative estimate of drug-likeness (QED) is 0.274. The molecule has 2 aromatic carbocycles. The highest BCUT2D eigenvalue weighted by Crippen LogP contribution is 2.34. The second kappa shape index (κ2) is 7.75. The lowest BCUT2D eigenvalue weighted by Gasteiger charge is -2.06. The van der Waals surface area contributed by atoms with Gasteiger partial charge in [0.2, 0.25) is 0 Å². The fourth-order valence-corrected chi connectivity index (χ4v) is 3.23. The van der Waals surface area contributed by atoms with Crippen LogP contribution in [0.2, 0.25) is 0 Å². The Morgan fingerprint density at radius 3 is 2.69 bits per heavy atom. The maximum Gasteiger partial charge on any atom is 0.284 e. The van der Waals surface area contributed by atoms with Crippen molar-refractivity contribution in [3.63, 3.8) is 0 Å². The summed E-state index contributed by atoms with van der Waals surface area (Å²) in [5.41, 5.74) is 0.595. The predicted molar refractivity (Wildman–Crippen MR) is 97.3 cm³/mol. The topological polar surface area (TPSA) is 90.9 Å². The monoisotopic (exact) mass is 366 g/mol. The minimum atomic E-state index is -0.502. The molecule has 0 saturated carbocycles. The Labute approximate surface area is 153 Å². The molecule has 0 amide bonds. The van der Waals surface area contributed by atoms with E-state index in [0.29, 0.717) is 22.2 Å². The van der Waals surface area contributed by atoms with Gasteiger partial charge < -0.3 is 4.57 Å². The molecule has 0 bridgehead atoms. The van der Waals surface area contributed by atoms with E-state index in [1.54, 1.807) is 53.1 Å². The van der Waals surface area contributed by atoms with Gasteiger partial charge in [-0.2, -0.15) is 0 Å². The third-order valence-corrected chi connectivity index (χ3v) is 4.62. The van der Waals surface area contributed by atoms with Crippen molar-refractivity contribution >= 4 is 23.2 Å². The van der Waals surface area contributed by atoms with Gasteiger partial charge in [-0.05, 0) is 23.9 Å². The number of allylic oxidation sites excluding steroid dienone is 1. The lowest BCUT2D eigenvalue weighted by Crippen LogP contribution is -2.03. The first-order valence-electron chi connectivity index (χ1n) is 7.65. The van der Waals surface area contributed by atoms with Crippen molar-refractivity contribution < 1.29 is 9.72 Å². The number of hydrogen-bond acceptors (Lipinski definition) is 6. The molecule has 8 heteroatoms. The van der Waals surface area contributed by atoms with Crippen molar-refractivity contribution in [1.82, 2.24) is 14.8 Å². The van der Waals surface area contributed by atoms with E-state index in [1.165, 1.54) is 12.4 Å². The largest absolute Gasteiger partial charge is 0.304 e. The van der Waals surface area contributed by atoms with Gasteiger partial charge in [0.05, 0.1) is 9.82 Å². The summed E-state index contributed by atoms with van der Waals surface area (Å²) < 4.78 is 1.73. The molecule has 0 atom stereocenters. The third kappa shape index (κ3) is 3.70. The molecule has 1 aromatic heterocycles. The smallest absolute Gasteiger partial charge is 0.284 e. The fourth-order valence-electron chi connectivity index (χ4n) is 2.33. The molecule has 7 nitrogen and oxygen atoms in total. The Hall–Kier alpha value is -3.26. The van der Waals surface area contributed by atoms with E-state index < -0.39 is 4.92 Å². The Balaban J connectivity index is 1.95. The summed E-state index contributed by atoms with van der Waals surface area (Å²) >= 11 is 1.12. The van der Waals surface area contributed by atoms with Gasteiger partial charge in [0.15, 0.2) is 10.9 Å². The summed E-state index contributed by atoms with van der Waals surface area (Å²) in [4.78, 5) is 23.9. The van der Waals surface area contributed by atoms with E-state index in [-0.39, 0.29) is 17.0 Å². The molecule has 0 aliphatic carbocycles. The lowest BCUT2D eigenvalue weighted by molar-refractivity contribution is -0.387. The molecule has 130 valence electrons. The van der Waals surface area contributed by atoms with Crippen LogP contribution in [0.4, 0.5) is 5.69 Å². The van der Waals surface area contributed by atoms with Crippen LogP contribution in [0.1, 0.15) is 15.9 Å². The molecule has 0 N–H and O–H groups in total. The van der Waals surface area contributed by atoms with Crippen LogP contribution < -0.4 is 0 Å². The van der Waals surface area contributed by atoms with Crippen molar-refractivity contribution in [2.45, 2.75) is 16.6 Å². The Morgan fingerprint density at radius 2 is 2.00 bits per heavy atom. The van der Waals surface area contributed by atoms with Gasteiger partial charge in [0, 0.05) is 23.7 Å². The Bertz CT molecular complexity index is 970. The summed E-state index contributed by atoms with van der Waals surface area (Å²) in [6.45, 7) is 4.15. The molecule has 26 heavy (non-hydrogen) atoms. The van der Waals surface area contributed by atoms with E-state index in [0.717, 1.165) is 11.8 Å². The minimum Gasteiger partial charge on any atom is -0.304 e. The van der Waals surface area contributed by atoms with Crippen LogP contribution in [0.25, 0.3) is 0 Å². The normalized spacial score (nSPS) is 10.5. The van der Waals surface area contributed by atoms with Gasteiger partial charge in [-0.25, -0.2) is 0 Å². The summed E-state index contributed by atoms with van der Waals surface area (Å²) in [7, 11) is 0. The molecule has 0 spiro atoms. The van der Waals surface area contributed by atoms with E-state index in [2.05, 4.69) is 16.8 Å². The van der Waals surface area contributed by atoms with E-state index in [1.807, 2.05) is 0 Å². The number of hydrogen-bond donors (Lipinski definition) is 0. The lowest BCUT2D eigenvalue weighted by atomic mass is 10.0. The van der Waals surface area contributed by atoms with E-state index in [4.69, 9.17) is 0 Å². The minimum absolute atomic E-state index is 0.148. The molecule has 3 aromatic rings. The highest BCUT2D eigenvalue weighted by Gasteiger charge is 2.20. The highest BCUT2D eigenvalue weighted by molar-refractivity contribution is 7.99. The van der Waals surface area contributed by atoms with Gasteiger partial charge in [-0.15, -0.1) is 16.8 Å². The molecule has 0 fully saturated rings. The van der Waals surface area contributed by atoms with Crippen LogP contribution in [-0.4, -0.2) is 25.5 Å². The summed E-state index contributed by atoms with van der Waals surface area (Å²) in [6, 6.07) is 13.1. The van der Waals surface area contributed by atoms with E-state index >= 15 is 0 Å². The average molecular weight is 366 g/mol. The summed E-state index contributed by atoms with van der Waals surface area (Å²) in [5, 5.41) is 19.8. The Kier molecular flexibility index (Phi) is 5.23. The zero-order chi connectivity index (χ0) is 18.5. The summed E-state index contributed by atoms with van der Waals surface area (Å²) in [6.07, 6.45) is 3.21. The maximum atomic E-state index is 12.5. The van der Waals surface area contributed by atoms with Gasteiger partial charge in [0.25, 0.3) is 5.69 Å². The molecular weight excluding hydrogens is 352 g/mol. The van der Waals surface area contributed by atoms with Gasteiger partial charge in [-0.3, -0.25) is 14.9 Å². The zero-order valence-electron chi connectivity index (χ0n) is 13.6. The van der Waals surface area contributed by atoms with Crippen molar-refractivity contribution in [2.24, 2.45) is 0 Å². The number of rotatable bonds is 7. The maximum absolute atomic E-state index is 12.5. The molecule has 0 radical (unpaired) electrons. The van der Waals surface area contributed by atoms with Crippen LogP contribution >= 0.6 is 11.8 Å². The standard InChI is InChI=1S/C18H14N4O3S/c1-2-10-21-12-19-20-18(21)26-16-9-8-14(11-15(16)22(24)25)17(23)13-6-4-3-5-7-13/h2-9,11-12H,1,10H2. The van der Waals surface area contributed by atoms with Crippen molar-refractivity contribution in [2.75, 3.05) is 0 Å². The first kappa shape index (κ1) is 17.6. The number of carbonyl (C=O) groups is 1. The first-order valence-corrected chi connectivity index (χ1v) is 8.46. The fraction of sp³-hybridized carbons (Fsp3) is 0.0556. The molecule has 3 rings (SSSR count). The van der Waals surface area contributed by atoms with Crippen molar-refractivity contribution in [3.05, 3.63) is 88.8 Å². The SMILES string of the molecule is C=CCn1cnnc1Sc1ccc(C(=O)c2ccccc2)cc1[N+](=O)[O-].